The van der Waals surface area contributed by atoms with E-state index in [2.05, 4.69) is 11.2 Å². The SMILES string of the molecule is CCCCCCCCN1CC(Cl)(c2nc3ccccc3cc2C=O)C(Cl)S1. The molecular formula is C21H26Cl2N2OS. The van der Waals surface area contributed by atoms with Gasteiger partial charge in [0.15, 0.2) is 6.29 Å². The maximum absolute atomic E-state index is 11.7. The molecule has 1 aliphatic heterocycles. The van der Waals surface area contributed by atoms with Crippen LogP contribution >= 0.6 is 35.1 Å². The molecule has 0 amide bonds. The molecule has 2 atom stereocenters. The van der Waals surface area contributed by atoms with Crippen molar-refractivity contribution < 1.29 is 4.79 Å². The fraction of sp³-hybridized carbons (Fsp3) is 0.524. The lowest BCUT2D eigenvalue weighted by molar-refractivity contribution is 0.112. The number of carbonyl (C=O) groups is 1. The molecule has 1 fully saturated rings. The fourth-order valence-electron chi connectivity index (χ4n) is 3.52. The van der Waals surface area contributed by atoms with Crippen molar-refractivity contribution in [3.63, 3.8) is 0 Å². The Morgan fingerprint density at radius 2 is 2.00 bits per heavy atom. The quantitative estimate of drug-likeness (QED) is 0.202. The van der Waals surface area contributed by atoms with Crippen LogP contribution in [0.5, 0.6) is 0 Å². The number of aromatic nitrogens is 1. The maximum atomic E-state index is 11.7. The molecule has 2 unspecified atom stereocenters. The molecule has 2 heterocycles. The number of pyridine rings is 1. The number of halogens is 2. The summed E-state index contributed by atoms with van der Waals surface area (Å²) in [5.41, 5.74) is 1.95. The predicted octanol–water partition coefficient (Wildman–Crippen LogP) is 6.37. The van der Waals surface area contributed by atoms with Crippen molar-refractivity contribution in [1.82, 2.24) is 9.29 Å². The van der Waals surface area contributed by atoms with E-state index >= 15 is 0 Å². The predicted molar refractivity (Wildman–Crippen MR) is 117 cm³/mol. The minimum atomic E-state index is -0.866. The molecule has 1 saturated heterocycles. The summed E-state index contributed by atoms with van der Waals surface area (Å²) in [6.45, 7) is 3.78. The number of fused-ring (bicyclic) bond motifs is 1. The third kappa shape index (κ3) is 4.79. The number of para-hydroxylation sites is 1. The van der Waals surface area contributed by atoms with Gasteiger partial charge in [-0.1, -0.05) is 69.2 Å². The number of hydrogen-bond donors (Lipinski definition) is 0. The van der Waals surface area contributed by atoms with Gasteiger partial charge in [-0.3, -0.25) is 9.78 Å². The maximum Gasteiger partial charge on any atom is 0.151 e. The number of hydrogen-bond acceptors (Lipinski definition) is 4. The lowest BCUT2D eigenvalue weighted by Crippen LogP contribution is -2.32. The molecule has 1 aromatic heterocycles. The van der Waals surface area contributed by atoms with Gasteiger partial charge in [0.05, 0.1) is 11.2 Å². The zero-order valence-corrected chi connectivity index (χ0v) is 18.0. The summed E-state index contributed by atoms with van der Waals surface area (Å²) in [6.07, 6.45) is 8.38. The van der Waals surface area contributed by atoms with Crippen LogP contribution in [0.4, 0.5) is 0 Å². The van der Waals surface area contributed by atoms with Crippen LogP contribution in [-0.2, 0) is 4.87 Å². The van der Waals surface area contributed by atoms with Gasteiger partial charge in [-0.05, 0) is 18.6 Å². The summed E-state index contributed by atoms with van der Waals surface area (Å²) in [5.74, 6) is 0. The molecule has 3 nitrogen and oxygen atoms in total. The van der Waals surface area contributed by atoms with Gasteiger partial charge >= 0.3 is 0 Å². The van der Waals surface area contributed by atoms with Crippen molar-refractivity contribution in [2.24, 2.45) is 0 Å². The van der Waals surface area contributed by atoms with Crippen LogP contribution in [0.2, 0.25) is 0 Å². The first-order valence-corrected chi connectivity index (χ1v) is 11.3. The van der Waals surface area contributed by atoms with E-state index in [-0.39, 0.29) is 4.71 Å². The molecule has 0 spiro atoms. The third-order valence-corrected chi connectivity index (χ3v) is 7.61. The largest absolute Gasteiger partial charge is 0.298 e. The number of benzene rings is 1. The van der Waals surface area contributed by atoms with E-state index in [9.17, 15) is 4.79 Å². The Labute approximate surface area is 175 Å². The van der Waals surface area contributed by atoms with E-state index in [0.29, 0.717) is 17.8 Å². The van der Waals surface area contributed by atoms with Crippen molar-refractivity contribution in [3.05, 3.63) is 41.6 Å². The van der Waals surface area contributed by atoms with Crippen molar-refractivity contribution in [2.75, 3.05) is 13.1 Å². The van der Waals surface area contributed by atoms with Crippen LogP contribution in [0.3, 0.4) is 0 Å². The van der Waals surface area contributed by atoms with E-state index in [1.54, 1.807) is 11.9 Å². The molecule has 27 heavy (non-hydrogen) atoms. The fourth-order valence-corrected chi connectivity index (χ4v) is 5.64. The summed E-state index contributed by atoms with van der Waals surface area (Å²) in [5, 5.41) is 0.935. The normalized spacial score (nSPS) is 23.1. The highest BCUT2D eigenvalue weighted by Gasteiger charge is 2.49. The standard InChI is InChI=1S/C21H26Cl2N2OS/c1-2-3-4-5-6-9-12-25-15-21(23,20(22)27-25)19-17(14-26)13-16-10-7-8-11-18(16)24-19/h7-8,10-11,13-14,20H,2-6,9,12,15H2,1H3. The summed E-state index contributed by atoms with van der Waals surface area (Å²) in [6, 6.07) is 9.62. The zero-order valence-electron chi connectivity index (χ0n) is 15.7. The summed E-state index contributed by atoms with van der Waals surface area (Å²) >= 11 is 15.2. The van der Waals surface area contributed by atoms with Crippen LogP contribution in [0, 0.1) is 0 Å². The Morgan fingerprint density at radius 1 is 1.26 bits per heavy atom. The van der Waals surface area contributed by atoms with Crippen molar-refractivity contribution in [1.29, 1.82) is 0 Å². The molecule has 2 aromatic rings. The highest BCUT2D eigenvalue weighted by atomic mass is 35.5. The molecule has 146 valence electrons. The van der Waals surface area contributed by atoms with Gasteiger partial charge in [-0.2, -0.15) is 0 Å². The Morgan fingerprint density at radius 3 is 2.78 bits per heavy atom. The Kier molecular flexibility index (Phi) is 7.43. The second kappa shape index (κ2) is 9.60. The van der Waals surface area contributed by atoms with Gasteiger partial charge in [0.2, 0.25) is 0 Å². The molecule has 0 radical (unpaired) electrons. The van der Waals surface area contributed by atoms with E-state index < -0.39 is 4.87 Å². The molecule has 0 saturated carbocycles. The molecule has 3 rings (SSSR count). The lowest BCUT2D eigenvalue weighted by Gasteiger charge is -2.24. The summed E-state index contributed by atoms with van der Waals surface area (Å²) in [4.78, 5) is 15.6. The molecule has 0 aliphatic carbocycles. The highest BCUT2D eigenvalue weighted by Crippen LogP contribution is 2.50. The molecule has 1 aromatic carbocycles. The van der Waals surface area contributed by atoms with Crippen molar-refractivity contribution in [2.45, 2.75) is 55.0 Å². The Balaban J connectivity index is 1.72. The van der Waals surface area contributed by atoms with Gasteiger partial charge in [0.1, 0.15) is 9.58 Å². The van der Waals surface area contributed by atoms with E-state index in [1.807, 2.05) is 30.3 Å². The number of alkyl halides is 2. The second-order valence-corrected chi connectivity index (χ2v) is 9.72. The molecule has 0 N–H and O–H groups in total. The monoisotopic (exact) mass is 424 g/mol. The molecule has 6 heteroatoms. The third-order valence-electron chi connectivity index (χ3n) is 5.04. The number of aldehydes is 1. The van der Waals surface area contributed by atoms with Crippen LogP contribution in [0.15, 0.2) is 30.3 Å². The topological polar surface area (TPSA) is 33.2 Å². The number of carbonyl (C=O) groups excluding carboxylic acids is 1. The summed E-state index contributed by atoms with van der Waals surface area (Å²) < 4.78 is 1.88. The van der Waals surface area contributed by atoms with Gasteiger partial charge in [-0.15, -0.1) is 23.2 Å². The molecule has 1 aliphatic rings. The van der Waals surface area contributed by atoms with Gasteiger partial charge < -0.3 is 0 Å². The molecule has 0 bridgehead atoms. The summed E-state index contributed by atoms with van der Waals surface area (Å²) in [7, 11) is 0. The van der Waals surface area contributed by atoms with Crippen LogP contribution in [0.25, 0.3) is 10.9 Å². The van der Waals surface area contributed by atoms with Crippen molar-refractivity contribution >= 4 is 52.3 Å². The van der Waals surface area contributed by atoms with Gasteiger partial charge in [0, 0.05) is 24.0 Å². The first-order chi connectivity index (χ1) is 13.1. The Bertz CT molecular complexity index is 788. The molecular weight excluding hydrogens is 399 g/mol. The number of unbranched alkanes of at least 4 members (excludes halogenated alkanes) is 5. The average Bonchev–Trinajstić information content (AvgIpc) is 2.98. The minimum Gasteiger partial charge on any atom is -0.298 e. The van der Waals surface area contributed by atoms with E-state index in [4.69, 9.17) is 28.2 Å². The van der Waals surface area contributed by atoms with E-state index in [0.717, 1.165) is 30.2 Å². The first-order valence-electron chi connectivity index (χ1n) is 9.68. The first kappa shape index (κ1) is 20.9. The number of nitrogens with zero attached hydrogens (tertiary/aromatic N) is 2. The number of rotatable bonds is 9. The lowest BCUT2D eigenvalue weighted by atomic mass is 9.99. The van der Waals surface area contributed by atoms with Crippen LogP contribution < -0.4 is 0 Å². The Hall–Kier alpha value is -0.810. The zero-order chi connectivity index (χ0) is 19.3. The van der Waals surface area contributed by atoms with E-state index in [1.165, 1.54) is 32.1 Å². The van der Waals surface area contributed by atoms with Crippen LogP contribution in [-0.4, -0.2) is 33.4 Å². The minimum absolute atomic E-state index is 0.355. The highest BCUT2D eigenvalue weighted by molar-refractivity contribution is 7.99. The van der Waals surface area contributed by atoms with Gasteiger partial charge in [0.25, 0.3) is 0 Å². The average molecular weight is 425 g/mol. The van der Waals surface area contributed by atoms with Gasteiger partial charge in [-0.25, -0.2) is 4.31 Å². The van der Waals surface area contributed by atoms with Crippen LogP contribution in [0.1, 0.15) is 61.5 Å². The second-order valence-electron chi connectivity index (χ2n) is 7.15. The smallest absolute Gasteiger partial charge is 0.151 e. The van der Waals surface area contributed by atoms with Crippen molar-refractivity contribution in [3.8, 4) is 0 Å².